The molecule has 1 heterocycles. The Hall–Kier alpha value is -2.08. The van der Waals surface area contributed by atoms with E-state index in [-0.39, 0.29) is 6.61 Å². The van der Waals surface area contributed by atoms with Gasteiger partial charge in [0.1, 0.15) is 5.75 Å². The van der Waals surface area contributed by atoms with Crippen molar-refractivity contribution in [3.8, 4) is 17.2 Å². The van der Waals surface area contributed by atoms with E-state index in [2.05, 4.69) is 0 Å². The molecule has 0 bridgehead atoms. The molecule has 5 heteroatoms. The minimum absolute atomic E-state index is 0.140. The van der Waals surface area contributed by atoms with Crippen molar-refractivity contribution in [2.45, 2.75) is 38.3 Å². The predicted octanol–water partition coefficient (Wildman–Crippen LogP) is 3.02. The summed E-state index contributed by atoms with van der Waals surface area (Å²) in [6, 6.07) is 15.1. The number of hydrogen-bond acceptors (Lipinski definition) is 5. The maximum atomic E-state index is 9.89. The van der Waals surface area contributed by atoms with Crippen LogP contribution in [0.5, 0.6) is 17.2 Å². The largest absolute Gasteiger partial charge is 0.461 e. The van der Waals surface area contributed by atoms with Gasteiger partial charge in [-0.3, -0.25) is 0 Å². The summed E-state index contributed by atoms with van der Waals surface area (Å²) in [6.45, 7) is 1.88. The van der Waals surface area contributed by atoms with Crippen molar-refractivity contribution in [2.24, 2.45) is 0 Å². The number of rotatable bonds is 5. The molecule has 0 spiro atoms. The van der Waals surface area contributed by atoms with Gasteiger partial charge in [0.25, 0.3) is 0 Å². The van der Waals surface area contributed by atoms with Crippen LogP contribution < -0.4 is 9.47 Å². The van der Waals surface area contributed by atoms with E-state index in [0.29, 0.717) is 24.3 Å². The molecule has 2 N–H and O–H groups in total. The zero-order chi connectivity index (χ0) is 16.9. The molecule has 2 aromatic carbocycles. The second kappa shape index (κ2) is 7.66. The van der Waals surface area contributed by atoms with Crippen LogP contribution in [-0.2, 0) is 4.74 Å². The highest BCUT2D eigenvalue weighted by Crippen LogP contribution is 2.33. The maximum absolute atomic E-state index is 9.89. The van der Waals surface area contributed by atoms with Gasteiger partial charge in [0.05, 0.1) is 18.8 Å². The quantitative estimate of drug-likeness (QED) is 0.882. The van der Waals surface area contributed by atoms with Crippen molar-refractivity contribution in [1.29, 1.82) is 0 Å². The van der Waals surface area contributed by atoms with E-state index >= 15 is 0 Å². The Morgan fingerprint density at radius 2 is 1.75 bits per heavy atom. The Morgan fingerprint density at radius 1 is 1.04 bits per heavy atom. The van der Waals surface area contributed by atoms with E-state index in [9.17, 15) is 10.2 Å². The van der Waals surface area contributed by atoms with Crippen LogP contribution in [0.3, 0.4) is 0 Å². The van der Waals surface area contributed by atoms with Crippen LogP contribution in [0, 0.1) is 6.92 Å². The van der Waals surface area contributed by atoms with Gasteiger partial charge in [0, 0.05) is 12.8 Å². The molecule has 3 atom stereocenters. The lowest BCUT2D eigenvalue weighted by atomic mass is 10.1. The van der Waals surface area contributed by atoms with Gasteiger partial charge in [0.2, 0.25) is 6.29 Å². The Balaban J connectivity index is 1.73. The van der Waals surface area contributed by atoms with Crippen molar-refractivity contribution >= 4 is 0 Å². The van der Waals surface area contributed by atoms with E-state index in [4.69, 9.17) is 14.2 Å². The monoisotopic (exact) mass is 330 g/mol. The number of para-hydroxylation sites is 2. The van der Waals surface area contributed by atoms with Gasteiger partial charge >= 0.3 is 0 Å². The van der Waals surface area contributed by atoms with E-state index in [1.54, 1.807) is 6.07 Å². The molecule has 0 saturated carbocycles. The molecule has 128 valence electrons. The number of aliphatic hydroxyl groups is 2. The summed E-state index contributed by atoms with van der Waals surface area (Å²) >= 11 is 0. The smallest absolute Gasteiger partial charge is 0.202 e. The lowest BCUT2D eigenvalue weighted by Crippen LogP contribution is -2.40. The first-order valence-corrected chi connectivity index (χ1v) is 8.08. The topological polar surface area (TPSA) is 68.2 Å². The number of aryl methyl sites for hydroxylation is 1. The molecule has 3 rings (SSSR count). The summed E-state index contributed by atoms with van der Waals surface area (Å²) in [4.78, 5) is 0. The molecule has 0 aliphatic carbocycles. The van der Waals surface area contributed by atoms with E-state index in [1.165, 1.54) is 0 Å². The molecule has 1 fully saturated rings. The lowest BCUT2D eigenvalue weighted by molar-refractivity contribution is -0.185. The average Bonchev–Trinajstić information content (AvgIpc) is 2.58. The molecule has 1 aliphatic heterocycles. The van der Waals surface area contributed by atoms with Crippen LogP contribution in [0.25, 0.3) is 0 Å². The van der Waals surface area contributed by atoms with Crippen molar-refractivity contribution in [3.63, 3.8) is 0 Å². The van der Waals surface area contributed by atoms with Crippen LogP contribution in [0.15, 0.2) is 48.5 Å². The fraction of sp³-hybridized carbons (Fsp3) is 0.368. The third-order valence-corrected chi connectivity index (χ3v) is 3.90. The van der Waals surface area contributed by atoms with Gasteiger partial charge in [-0.25, -0.2) is 0 Å². The number of ether oxygens (including phenoxy) is 3. The fourth-order valence-corrected chi connectivity index (χ4v) is 2.65. The minimum Gasteiger partial charge on any atom is -0.461 e. The van der Waals surface area contributed by atoms with Crippen LogP contribution in [0.1, 0.15) is 18.4 Å². The first-order valence-electron chi connectivity index (χ1n) is 8.08. The van der Waals surface area contributed by atoms with Gasteiger partial charge in [-0.2, -0.15) is 0 Å². The Kier molecular flexibility index (Phi) is 5.35. The number of aliphatic hydroxyl groups excluding tert-OH is 2. The maximum Gasteiger partial charge on any atom is 0.202 e. The second-order valence-electron chi connectivity index (χ2n) is 5.98. The van der Waals surface area contributed by atoms with Crippen LogP contribution in [0.2, 0.25) is 0 Å². The van der Waals surface area contributed by atoms with Gasteiger partial charge in [-0.15, -0.1) is 0 Å². The third kappa shape index (κ3) is 4.26. The normalized spacial score (nSPS) is 23.7. The number of benzene rings is 2. The first-order chi connectivity index (χ1) is 11.6. The molecule has 2 aromatic rings. The van der Waals surface area contributed by atoms with E-state index in [1.807, 2.05) is 49.4 Å². The van der Waals surface area contributed by atoms with E-state index in [0.717, 1.165) is 11.3 Å². The summed E-state index contributed by atoms with van der Waals surface area (Å²) in [6.07, 6.45) is -0.809. The molecular weight excluding hydrogens is 308 g/mol. The molecule has 0 amide bonds. The average molecular weight is 330 g/mol. The van der Waals surface area contributed by atoms with E-state index < -0.39 is 18.5 Å². The molecule has 1 saturated heterocycles. The van der Waals surface area contributed by atoms with Crippen LogP contribution in [0.4, 0.5) is 0 Å². The zero-order valence-corrected chi connectivity index (χ0v) is 13.6. The molecule has 24 heavy (non-hydrogen) atoms. The van der Waals surface area contributed by atoms with Gasteiger partial charge < -0.3 is 24.4 Å². The first kappa shape index (κ1) is 16.8. The molecule has 0 aromatic heterocycles. The van der Waals surface area contributed by atoms with Gasteiger partial charge in [-0.1, -0.05) is 29.8 Å². The van der Waals surface area contributed by atoms with Crippen molar-refractivity contribution in [2.75, 3.05) is 6.61 Å². The molecular formula is C19H22O5. The predicted molar refractivity (Wildman–Crippen MR) is 89.3 cm³/mol. The highest BCUT2D eigenvalue weighted by Gasteiger charge is 2.29. The van der Waals surface area contributed by atoms with Crippen LogP contribution in [-0.4, -0.2) is 35.3 Å². The fourth-order valence-electron chi connectivity index (χ4n) is 2.65. The Bertz CT molecular complexity index is 655. The highest BCUT2D eigenvalue weighted by molar-refractivity contribution is 5.43. The zero-order valence-electron chi connectivity index (χ0n) is 13.6. The number of hydrogen-bond donors (Lipinski definition) is 2. The molecule has 0 radical (unpaired) electrons. The minimum atomic E-state index is -0.617. The molecule has 1 aliphatic rings. The summed E-state index contributed by atoms with van der Waals surface area (Å²) < 4.78 is 17.4. The van der Waals surface area contributed by atoms with Crippen molar-refractivity contribution < 1.29 is 24.4 Å². The molecule has 0 unspecified atom stereocenters. The summed E-state index contributed by atoms with van der Waals surface area (Å²) in [5, 5.41) is 19.1. The standard InChI is InChI=1S/C19H22O5/c1-13-6-8-15(9-7-13)22-17-4-2-3-5-18(17)24-19-11-14(21)10-16(12-20)23-19/h2-9,14,16,19-21H,10-12H2,1H3/t14-,16-,19-/m0/s1. The SMILES string of the molecule is Cc1ccc(Oc2ccccc2O[C@H]2C[C@@H](O)C[C@@H](CO)O2)cc1. The van der Waals surface area contributed by atoms with Crippen LogP contribution >= 0.6 is 0 Å². The molecule has 5 nitrogen and oxygen atoms in total. The Morgan fingerprint density at radius 3 is 2.46 bits per heavy atom. The highest BCUT2D eigenvalue weighted by atomic mass is 16.7. The summed E-state index contributed by atoms with van der Waals surface area (Å²) in [7, 11) is 0. The second-order valence-corrected chi connectivity index (χ2v) is 5.98. The van der Waals surface area contributed by atoms with Crippen molar-refractivity contribution in [3.05, 3.63) is 54.1 Å². The van der Waals surface area contributed by atoms with Gasteiger partial charge in [-0.05, 0) is 31.2 Å². The van der Waals surface area contributed by atoms with Crippen molar-refractivity contribution in [1.82, 2.24) is 0 Å². The summed E-state index contributed by atoms with van der Waals surface area (Å²) in [5.74, 6) is 1.83. The lowest BCUT2D eigenvalue weighted by Gasteiger charge is -2.32. The third-order valence-electron chi connectivity index (χ3n) is 3.90. The summed E-state index contributed by atoms with van der Waals surface area (Å²) in [5.41, 5.74) is 1.16. The Labute approximate surface area is 141 Å². The van der Waals surface area contributed by atoms with Gasteiger partial charge in [0.15, 0.2) is 11.5 Å².